The monoisotopic (exact) mass is 507 g/mol. The lowest BCUT2D eigenvalue weighted by molar-refractivity contribution is -0.115. The number of carbonyl (C=O) groups is 1. The fraction of sp³-hybridized carbons (Fsp3) is 0.296. The van der Waals surface area contributed by atoms with Crippen LogP contribution in [0.2, 0.25) is 0 Å². The zero-order valence-electron chi connectivity index (χ0n) is 20.7. The highest BCUT2D eigenvalue weighted by atomic mass is 32.2. The van der Waals surface area contributed by atoms with Crippen molar-refractivity contribution in [2.24, 2.45) is 0 Å². The number of nitrogens with one attached hydrogen (secondary N) is 1. The van der Waals surface area contributed by atoms with Gasteiger partial charge in [-0.2, -0.15) is 0 Å². The van der Waals surface area contributed by atoms with Crippen molar-refractivity contribution >= 4 is 34.3 Å². The van der Waals surface area contributed by atoms with E-state index in [1.165, 1.54) is 36.1 Å². The number of hydrogen-bond donors (Lipinski definition) is 1. The Morgan fingerprint density at radius 2 is 1.83 bits per heavy atom. The summed E-state index contributed by atoms with van der Waals surface area (Å²) < 4.78 is 17.8. The van der Waals surface area contributed by atoms with Crippen molar-refractivity contribution in [2.75, 3.05) is 19.5 Å². The van der Waals surface area contributed by atoms with Crippen molar-refractivity contribution in [3.63, 3.8) is 0 Å². The van der Waals surface area contributed by atoms with E-state index in [0.717, 1.165) is 12.1 Å². The lowest BCUT2D eigenvalue weighted by Gasteiger charge is -2.18. The predicted octanol–water partition coefficient (Wildman–Crippen LogP) is 5.13. The third-order valence-electron chi connectivity index (χ3n) is 5.86. The maximum absolute atomic E-state index is 13.6. The Morgan fingerprint density at radius 3 is 2.44 bits per heavy atom. The Balaban J connectivity index is 1.72. The van der Waals surface area contributed by atoms with E-state index in [2.05, 4.69) is 12.2 Å². The number of aromatic nitrogens is 2. The zero-order valence-corrected chi connectivity index (χ0v) is 21.6. The van der Waals surface area contributed by atoms with Crippen molar-refractivity contribution in [1.29, 1.82) is 0 Å². The number of benzene rings is 2. The molecule has 36 heavy (non-hydrogen) atoms. The molecule has 1 N–H and O–H groups in total. The molecule has 0 aliphatic carbocycles. The van der Waals surface area contributed by atoms with Crippen LogP contribution in [-0.2, 0) is 17.8 Å². The summed E-state index contributed by atoms with van der Waals surface area (Å²) in [5.74, 6) is 1.36. The Bertz CT molecular complexity index is 1400. The summed E-state index contributed by atoms with van der Waals surface area (Å²) >= 11 is 1.25. The molecule has 2 aromatic carbocycles. The van der Waals surface area contributed by atoms with Crippen LogP contribution in [0.1, 0.15) is 31.6 Å². The summed E-state index contributed by atoms with van der Waals surface area (Å²) in [4.78, 5) is 31.5. The van der Waals surface area contributed by atoms with Crippen LogP contribution in [0, 0.1) is 0 Å². The summed E-state index contributed by atoms with van der Waals surface area (Å²) in [6.45, 7) is 4.20. The molecule has 1 atom stereocenters. The number of ether oxygens (including phenoxy) is 2. The van der Waals surface area contributed by atoms with Crippen LogP contribution >= 0.6 is 11.8 Å². The van der Waals surface area contributed by atoms with E-state index in [1.54, 1.807) is 30.5 Å². The van der Waals surface area contributed by atoms with E-state index >= 15 is 0 Å². The van der Waals surface area contributed by atoms with Gasteiger partial charge in [0, 0.05) is 11.8 Å². The van der Waals surface area contributed by atoms with Gasteiger partial charge < -0.3 is 19.2 Å². The third-order valence-corrected chi connectivity index (χ3v) is 7.21. The minimum atomic E-state index is -0.469. The van der Waals surface area contributed by atoms with E-state index in [0.29, 0.717) is 39.7 Å². The number of hydrogen-bond acceptors (Lipinski definition) is 7. The maximum Gasteiger partial charge on any atom is 0.262 e. The molecule has 0 bridgehead atoms. The molecule has 8 nitrogen and oxygen atoms in total. The average Bonchev–Trinajstić information content (AvgIpc) is 3.42. The highest BCUT2D eigenvalue weighted by Crippen LogP contribution is 2.32. The van der Waals surface area contributed by atoms with Gasteiger partial charge in [-0.1, -0.05) is 37.7 Å². The van der Waals surface area contributed by atoms with E-state index in [9.17, 15) is 9.59 Å². The molecule has 9 heteroatoms. The number of thioether (sulfide) groups is 1. The Hall–Kier alpha value is -3.72. The van der Waals surface area contributed by atoms with Gasteiger partial charge in [-0.25, -0.2) is 4.98 Å². The molecule has 0 radical (unpaired) electrons. The third kappa shape index (κ3) is 5.41. The number of methoxy groups -OCH3 is 2. The van der Waals surface area contributed by atoms with Crippen molar-refractivity contribution < 1.29 is 18.7 Å². The molecule has 0 aliphatic rings. The average molecular weight is 508 g/mol. The van der Waals surface area contributed by atoms with Crippen LogP contribution in [-0.4, -0.2) is 34.9 Å². The van der Waals surface area contributed by atoms with Crippen LogP contribution in [0.15, 0.2) is 69.2 Å². The largest absolute Gasteiger partial charge is 0.493 e. The van der Waals surface area contributed by atoms with Crippen LogP contribution < -0.4 is 20.3 Å². The SMILES string of the molecule is CCc1ccc(NC(=O)[C@H](CC)Sc2nc3cc(OC)c(OC)cc3c(=O)n2Cc2ccco2)cc1. The number of anilines is 1. The number of carbonyl (C=O) groups excluding carboxylic acids is 1. The van der Waals surface area contributed by atoms with Gasteiger partial charge in [0.1, 0.15) is 5.76 Å². The molecule has 0 saturated heterocycles. The van der Waals surface area contributed by atoms with E-state index in [4.69, 9.17) is 18.9 Å². The van der Waals surface area contributed by atoms with Gasteiger partial charge in [0.25, 0.3) is 5.56 Å². The smallest absolute Gasteiger partial charge is 0.262 e. The molecule has 4 aromatic rings. The van der Waals surface area contributed by atoms with Gasteiger partial charge in [-0.3, -0.25) is 14.2 Å². The molecular formula is C27H29N3O5S. The predicted molar refractivity (Wildman–Crippen MR) is 141 cm³/mol. The van der Waals surface area contributed by atoms with Crippen LogP contribution in [0.25, 0.3) is 10.9 Å². The summed E-state index contributed by atoms with van der Waals surface area (Å²) in [5.41, 5.74) is 2.13. The first kappa shape index (κ1) is 25.4. The van der Waals surface area contributed by atoms with Gasteiger partial charge in [-0.05, 0) is 48.7 Å². The van der Waals surface area contributed by atoms with Crippen LogP contribution in [0.4, 0.5) is 5.69 Å². The quantitative estimate of drug-likeness (QED) is 0.235. The van der Waals surface area contributed by atoms with Gasteiger partial charge in [0.15, 0.2) is 16.7 Å². The van der Waals surface area contributed by atoms with Crippen molar-refractivity contribution in [2.45, 2.75) is 43.6 Å². The van der Waals surface area contributed by atoms with E-state index < -0.39 is 5.25 Å². The standard InChI is InChI=1S/C27H29N3O5S/c1-5-17-9-11-18(12-10-17)28-25(31)24(6-2)36-27-29-21-15-23(34-4)22(33-3)14-20(21)26(32)30(27)16-19-8-7-13-35-19/h7-15,24H,5-6,16H2,1-4H3,(H,28,31)/t24-/m0/s1. The molecule has 2 aromatic heterocycles. The van der Waals surface area contributed by atoms with Crippen molar-refractivity contribution in [3.05, 3.63) is 76.5 Å². The number of fused-ring (bicyclic) bond motifs is 1. The highest BCUT2D eigenvalue weighted by Gasteiger charge is 2.23. The van der Waals surface area contributed by atoms with Crippen LogP contribution in [0.5, 0.6) is 11.5 Å². The molecule has 0 aliphatic heterocycles. The van der Waals surface area contributed by atoms with Crippen molar-refractivity contribution in [3.8, 4) is 11.5 Å². The Labute approximate surface area is 213 Å². The van der Waals surface area contributed by atoms with Crippen LogP contribution in [0.3, 0.4) is 0 Å². The first-order valence-electron chi connectivity index (χ1n) is 11.7. The molecule has 2 heterocycles. The number of furan rings is 1. The summed E-state index contributed by atoms with van der Waals surface area (Å²) in [5, 5.41) is 3.32. The molecule has 0 saturated carbocycles. The minimum absolute atomic E-state index is 0.155. The summed E-state index contributed by atoms with van der Waals surface area (Å²) in [6, 6.07) is 14.7. The second kappa shape index (κ2) is 11.3. The number of nitrogens with zero attached hydrogens (tertiary/aromatic N) is 2. The lowest BCUT2D eigenvalue weighted by Crippen LogP contribution is -2.28. The second-order valence-corrected chi connectivity index (χ2v) is 9.31. The second-order valence-electron chi connectivity index (χ2n) is 8.14. The lowest BCUT2D eigenvalue weighted by atomic mass is 10.1. The fourth-order valence-corrected chi connectivity index (χ4v) is 4.82. The molecule has 1 amide bonds. The van der Waals surface area contributed by atoms with E-state index in [-0.39, 0.29) is 18.0 Å². The normalized spacial score (nSPS) is 11.9. The van der Waals surface area contributed by atoms with Gasteiger partial charge in [0.2, 0.25) is 5.91 Å². The maximum atomic E-state index is 13.6. The number of aryl methyl sites for hydroxylation is 1. The van der Waals surface area contributed by atoms with E-state index in [1.807, 2.05) is 31.2 Å². The Kier molecular flexibility index (Phi) is 8.00. The fourth-order valence-electron chi connectivity index (χ4n) is 3.81. The molecular weight excluding hydrogens is 478 g/mol. The summed E-state index contributed by atoms with van der Waals surface area (Å²) in [6.07, 6.45) is 3.03. The minimum Gasteiger partial charge on any atom is -0.493 e. The number of rotatable bonds is 10. The van der Waals surface area contributed by atoms with Gasteiger partial charge >= 0.3 is 0 Å². The summed E-state index contributed by atoms with van der Waals surface area (Å²) in [7, 11) is 3.05. The molecule has 0 spiro atoms. The Morgan fingerprint density at radius 1 is 1.11 bits per heavy atom. The van der Waals surface area contributed by atoms with Crippen molar-refractivity contribution in [1.82, 2.24) is 9.55 Å². The zero-order chi connectivity index (χ0) is 25.7. The molecule has 0 unspecified atom stereocenters. The topological polar surface area (TPSA) is 95.6 Å². The molecule has 0 fully saturated rings. The highest BCUT2D eigenvalue weighted by molar-refractivity contribution is 8.00. The van der Waals surface area contributed by atoms with Gasteiger partial charge in [-0.15, -0.1) is 0 Å². The number of amides is 1. The molecule has 188 valence electrons. The van der Waals surface area contributed by atoms with Gasteiger partial charge in [0.05, 0.1) is 43.2 Å². The first-order chi connectivity index (χ1) is 17.5. The molecule has 4 rings (SSSR count). The first-order valence-corrected chi connectivity index (χ1v) is 12.6.